The molecule has 2 amide bonds. The van der Waals surface area contributed by atoms with E-state index in [4.69, 9.17) is 23.2 Å². The zero-order valence-corrected chi connectivity index (χ0v) is 22.4. The lowest BCUT2D eigenvalue weighted by Gasteiger charge is -2.38. The average Bonchev–Trinajstić information content (AvgIpc) is 3.13. The van der Waals surface area contributed by atoms with Gasteiger partial charge in [0.2, 0.25) is 0 Å². The highest BCUT2D eigenvalue weighted by Crippen LogP contribution is 2.38. The Balaban J connectivity index is 1.39. The molecular formula is C26H31Cl2N3O3S. The molecule has 35 heavy (non-hydrogen) atoms. The zero-order chi connectivity index (χ0) is 25.3. The largest absolute Gasteiger partial charge is 0.331 e. The summed E-state index contributed by atoms with van der Waals surface area (Å²) in [4.78, 5) is 15.2. The van der Waals surface area contributed by atoms with Crippen LogP contribution < -0.4 is 10.6 Å². The Morgan fingerprint density at radius 2 is 1.80 bits per heavy atom. The molecule has 0 saturated carbocycles. The van der Waals surface area contributed by atoms with Gasteiger partial charge in [0.25, 0.3) is 0 Å². The molecule has 2 aliphatic heterocycles. The highest BCUT2D eigenvalue weighted by molar-refractivity contribution is 7.91. The van der Waals surface area contributed by atoms with Crippen LogP contribution >= 0.6 is 23.2 Å². The van der Waals surface area contributed by atoms with Crippen LogP contribution in [0.2, 0.25) is 10.0 Å². The number of sulfone groups is 1. The van der Waals surface area contributed by atoms with Gasteiger partial charge in [-0.05, 0) is 81.5 Å². The van der Waals surface area contributed by atoms with Gasteiger partial charge in [-0.15, -0.1) is 0 Å². The van der Waals surface area contributed by atoms with E-state index in [-0.39, 0.29) is 22.7 Å². The van der Waals surface area contributed by atoms with Crippen LogP contribution in [-0.2, 0) is 9.84 Å². The first kappa shape index (κ1) is 26.0. The van der Waals surface area contributed by atoms with Crippen molar-refractivity contribution >= 4 is 44.8 Å². The van der Waals surface area contributed by atoms with Crippen molar-refractivity contribution in [2.24, 2.45) is 0 Å². The lowest BCUT2D eigenvalue weighted by atomic mass is 10.0. The summed E-state index contributed by atoms with van der Waals surface area (Å²) in [7, 11) is -3.49. The molecule has 3 atom stereocenters. The van der Waals surface area contributed by atoms with Gasteiger partial charge in [0, 0.05) is 23.8 Å². The van der Waals surface area contributed by atoms with Crippen LogP contribution in [0.3, 0.4) is 0 Å². The van der Waals surface area contributed by atoms with Crippen LogP contribution in [0.5, 0.6) is 0 Å². The number of anilines is 1. The first-order valence-electron chi connectivity index (χ1n) is 11.9. The number of amides is 2. The van der Waals surface area contributed by atoms with Gasteiger partial charge in [0.1, 0.15) is 0 Å². The molecule has 3 unspecified atom stereocenters. The fourth-order valence-electron chi connectivity index (χ4n) is 5.22. The van der Waals surface area contributed by atoms with Crippen molar-refractivity contribution in [1.29, 1.82) is 0 Å². The maximum atomic E-state index is 13.2. The summed E-state index contributed by atoms with van der Waals surface area (Å²) in [5.41, 5.74) is 2.20. The number of nitrogens with one attached hydrogen (secondary N) is 2. The molecule has 188 valence electrons. The van der Waals surface area contributed by atoms with Gasteiger partial charge in [-0.25, -0.2) is 13.2 Å². The average molecular weight is 537 g/mol. The first-order valence-corrected chi connectivity index (χ1v) is 14.3. The maximum absolute atomic E-state index is 13.2. The van der Waals surface area contributed by atoms with Crippen molar-refractivity contribution in [2.75, 3.05) is 11.1 Å². The molecule has 2 aromatic rings. The standard InChI is InChI=1S/C26H31Cl2N3O3S/c1-16(2)31-20-10-7-18(24(31)14-11-20)15-35(33,34)21-12-8-19(9-13-21)30-26(32)29-17(3)22-5-4-6-23(27)25(22)28/h4-9,12-13,16-17,20,24H,10-11,14-15H2,1-3H3,(H2,29,30,32). The van der Waals surface area contributed by atoms with E-state index < -0.39 is 15.9 Å². The lowest BCUT2D eigenvalue weighted by Crippen LogP contribution is -2.45. The second-order valence-electron chi connectivity index (χ2n) is 9.55. The third kappa shape index (κ3) is 5.69. The van der Waals surface area contributed by atoms with Gasteiger partial charge >= 0.3 is 6.03 Å². The molecule has 6 nitrogen and oxygen atoms in total. The topological polar surface area (TPSA) is 78.5 Å². The highest BCUT2D eigenvalue weighted by atomic mass is 35.5. The molecule has 9 heteroatoms. The van der Waals surface area contributed by atoms with Crippen LogP contribution in [0.4, 0.5) is 10.5 Å². The molecule has 0 radical (unpaired) electrons. The summed E-state index contributed by atoms with van der Waals surface area (Å²) in [6.45, 7) is 6.16. The Morgan fingerprint density at radius 3 is 2.49 bits per heavy atom. The van der Waals surface area contributed by atoms with E-state index in [2.05, 4.69) is 35.5 Å². The Hall–Kier alpha value is -2.06. The molecule has 2 aliphatic rings. The number of halogens is 2. The molecule has 0 aliphatic carbocycles. The maximum Gasteiger partial charge on any atom is 0.319 e. The second-order valence-corrected chi connectivity index (χ2v) is 12.3. The van der Waals surface area contributed by atoms with E-state index >= 15 is 0 Å². The summed E-state index contributed by atoms with van der Waals surface area (Å²) in [6, 6.07) is 11.9. The number of hydrogen-bond donors (Lipinski definition) is 2. The number of rotatable bonds is 7. The quantitative estimate of drug-likeness (QED) is 0.412. The van der Waals surface area contributed by atoms with Crippen molar-refractivity contribution in [2.45, 2.75) is 69.1 Å². The SMILES string of the molecule is CC(NC(=O)Nc1ccc(S(=O)(=O)CC2=CCC3CCC2N3C(C)C)cc1)c1cccc(Cl)c1Cl. The number of nitrogens with zero attached hydrogens (tertiary/aromatic N) is 1. The van der Waals surface area contributed by atoms with E-state index in [1.165, 1.54) is 0 Å². The zero-order valence-electron chi connectivity index (χ0n) is 20.1. The summed E-state index contributed by atoms with van der Waals surface area (Å²) >= 11 is 12.3. The van der Waals surface area contributed by atoms with Gasteiger partial charge in [-0.3, -0.25) is 4.90 Å². The van der Waals surface area contributed by atoms with E-state index in [1.807, 2.05) is 0 Å². The molecule has 0 aromatic heterocycles. The number of carbonyl (C=O) groups is 1. The van der Waals surface area contributed by atoms with Crippen molar-refractivity contribution < 1.29 is 13.2 Å². The van der Waals surface area contributed by atoms with Gasteiger partial charge in [0.05, 0.1) is 26.7 Å². The minimum atomic E-state index is -3.49. The molecule has 2 heterocycles. The van der Waals surface area contributed by atoms with Gasteiger partial charge in [0.15, 0.2) is 9.84 Å². The Morgan fingerprint density at radius 1 is 1.09 bits per heavy atom. The fraction of sp³-hybridized carbons (Fsp3) is 0.423. The van der Waals surface area contributed by atoms with Crippen molar-refractivity contribution in [3.8, 4) is 0 Å². The third-order valence-electron chi connectivity index (χ3n) is 6.85. The predicted octanol–water partition coefficient (Wildman–Crippen LogP) is 6.22. The summed E-state index contributed by atoms with van der Waals surface area (Å²) < 4.78 is 26.3. The molecule has 1 saturated heterocycles. The van der Waals surface area contributed by atoms with E-state index in [9.17, 15) is 13.2 Å². The van der Waals surface area contributed by atoms with Crippen molar-refractivity contribution in [3.05, 3.63) is 69.7 Å². The molecule has 2 aromatic carbocycles. The molecule has 1 fully saturated rings. The summed E-state index contributed by atoms with van der Waals surface area (Å²) in [5, 5.41) is 6.37. The van der Waals surface area contributed by atoms with E-state index in [1.54, 1.807) is 49.4 Å². The minimum absolute atomic E-state index is 0.0266. The van der Waals surface area contributed by atoms with Crippen molar-refractivity contribution in [3.63, 3.8) is 0 Å². The normalized spacial score (nSPS) is 21.0. The molecule has 2 N–H and O–H groups in total. The monoisotopic (exact) mass is 535 g/mol. The minimum Gasteiger partial charge on any atom is -0.331 e. The number of urea groups is 1. The van der Waals surface area contributed by atoms with Gasteiger partial charge < -0.3 is 10.6 Å². The predicted molar refractivity (Wildman–Crippen MR) is 142 cm³/mol. The van der Waals surface area contributed by atoms with Crippen LogP contribution in [-0.4, -0.2) is 43.2 Å². The molecule has 0 spiro atoms. The molecule has 2 bridgehead atoms. The third-order valence-corrected chi connectivity index (χ3v) is 9.39. The second kappa shape index (κ2) is 10.5. The smallest absolute Gasteiger partial charge is 0.319 e. The van der Waals surface area contributed by atoms with E-state index in [0.29, 0.717) is 33.4 Å². The van der Waals surface area contributed by atoms with Crippen LogP contribution in [0.25, 0.3) is 0 Å². The van der Waals surface area contributed by atoms with Crippen LogP contribution in [0, 0.1) is 0 Å². The summed E-state index contributed by atoms with van der Waals surface area (Å²) in [6.07, 6.45) is 5.18. The Kier molecular flexibility index (Phi) is 7.81. The molecular weight excluding hydrogens is 505 g/mol. The number of benzene rings is 2. The number of fused-ring (bicyclic) bond motifs is 2. The number of hydrogen-bond acceptors (Lipinski definition) is 4. The first-order chi connectivity index (χ1) is 16.6. The van der Waals surface area contributed by atoms with Crippen LogP contribution in [0.15, 0.2) is 59.0 Å². The number of carbonyl (C=O) groups excluding carboxylic acids is 1. The van der Waals surface area contributed by atoms with Crippen LogP contribution in [0.1, 0.15) is 51.6 Å². The van der Waals surface area contributed by atoms with Gasteiger partial charge in [-0.2, -0.15) is 0 Å². The molecule has 4 rings (SSSR count). The Labute approximate surface area is 217 Å². The summed E-state index contributed by atoms with van der Waals surface area (Å²) in [5.74, 6) is 0.0266. The van der Waals surface area contributed by atoms with Gasteiger partial charge in [-0.1, -0.05) is 41.4 Å². The van der Waals surface area contributed by atoms with Crippen molar-refractivity contribution in [1.82, 2.24) is 10.2 Å². The van der Waals surface area contributed by atoms with E-state index in [0.717, 1.165) is 24.8 Å². The lowest BCUT2D eigenvalue weighted by molar-refractivity contribution is 0.156. The Bertz CT molecular complexity index is 1230. The highest BCUT2D eigenvalue weighted by Gasteiger charge is 2.40. The fourth-order valence-corrected chi connectivity index (χ4v) is 7.16.